The molecule has 0 fully saturated rings. The Bertz CT molecular complexity index is 417. The largest absolute Gasteiger partial charge is 0.298 e. The van der Waals surface area contributed by atoms with E-state index in [0.29, 0.717) is 12.2 Å². The van der Waals surface area contributed by atoms with Gasteiger partial charge < -0.3 is 0 Å². The molecule has 0 aliphatic heterocycles. The van der Waals surface area contributed by atoms with Gasteiger partial charge in [-0.1, -0.05) is 27.7 Å². The lowest BCUT2D eigenvalue weighted by Crippen LogP contribution is -2.54. The van der Waals surface area contributed by atoms with Crippen LogP contribution in [0.1, 0.15) is 52.7 Å². The first kappa shape index (κ1) is 16.9. The molecule has 4 nitrogen and oxygen atoms in total. The number of nitrogens with zero attached hydrogens (tertiary/aromatic N) is 3. The molecule has 0 N–H and O–H groups in total. The molecule has 1 aromatic heterocycles. The first-order valence-corrected chi connectivity index (χ1v) is 7.80. The molecule has 0 radical (unpaired) electrons. The summed E-state index contributed by atoms with van der Waals surface area (Å²) in [6.45, 7) is 10.4. The van der Waals surface area contributed by atoms with E-state index >= 15 is 0 Å². The van der Waals surface area contributed by atoms with Gasteiger partial charge in [-0.05, 0) is 38.4 Å². The van der Waals surface area contributed by atoms with E-state index in [1.54, 1.807) is 6.20 Å². The molecule has 0 aromatic carbocycles. The average molecular weight is 279 g/mol. The molecule has 20 heavy (non-hydrogen) atoms. The lowest BCUT2D eigenvalue weighted by molar-refractivity contribution is -0.132. The Morgan fingerprint density at radius 3 is 2.25 bits per heavy atom. The van der Waals surface area contributed by atoms with Gasteiger partial charge in [0.05, 0.1) is 5.54 Å². The molecule has 0 amide bonds. The third-order valence-corrected chi connectivity index (χ3v) is 4.59. The van der Waals surface area contributed by atoms with Crippen LogP contribution in [-0.2, 0) is 18.3 Å². The van der Waals surface area contributed by atoms with Crippen molar-refractivity contribution in [2.24, 2.45) is 7.05 Å². The second-order valence-electron chi connectivity index (χ2n) is 5.28. The van der Waals surface area contributed by atoms with Crippen molar-refractivity contribution in [3.8, 4) is 0 Å². The molecule has 0 aliphatic carbocycles. The van der Waals surface area contributed by atoms with E-state index in [0.717, 1.165) is 38.0 Å². The normalized spacial score (nSPS) is 12.1. The first-order valence-electron chi connectivity index (χ1n) is 7.80. The summed E-state index contributed by atoms with van der Waals surface area (Å²) in [6.07, 6.45) is 4.93. The van der Waals surface area contributed by atoms with Gasteiger partial charge in [-0.15, -0.1) is 0 Å². The zero-order valence-corrected chi connectivity index (χ0v) is 13.6. The standard InChI is InChI=1S/C16H29N3O/c1-6-16(7-2,19(8-3)9-4)15(20)11-10-14-12-13-17-18(14)5/h12-13H,6-11H2,1-5H3. The highest BCUT2D eigenvalue weighted by molar-refractivity contribution is 5.88. The summed E-state index contributed by atoms with van der Waals surface area (Å²) in [5.74, 6) is 0.368. The summed E-state index contributed by atoms with van der Waals surface area (Å²) in [4.78, 5) is 15.1. The highest BCUT2D eigenvalue weighted by Gasteiger charge is 2.38. The summed E-state index contributed by atoms with van der Waals surface area (Å²) in [5.41, 5.74) is 0.834. The lowest BCUT2D eigenvalue weighted by Gasteiger charge is -2.41. The third-order valence-electron chi connectivity index (χ3n) is 4.59. The topological polar surface area (TPSA) is 38.1 Å². The van der Waals surface area contributed by atoms with Gasteiger partial charge in [-0.25, -0.2) is 0 Å². The number of carbonyl (C=O) groups is 1. The van der Waals surface area contributed by atoms with Crippen LogP contribution in [0.5, 0.6) is 0 Å². The van der Waals surface area contributed by atoms with E-state index in [9.17, 15) is 4.79 Å². The highest BCUT2D eigenvalue weighted by Crippen LogP contribution is 2.27. The molecule has 0 saturated heterocycles. The van der Waals surface area contributed by atoms with Gasteiger partial charge in [-0.2, -0.15) is 5.10 Å². The van der Waals surface area contributed by atoms with Gasteiger partial charge in [0.15, 0.2) is 5.78 Å². The number of Topliss-reactive ketones (excluding diaryl/α,β-unsaturated/α-hetero) is 1. The Labute approximate surface area is 123 Å². The predicted octanol–water partition coefficient (Wildman–Crippen LogP) is 2.82. The van der Waals surface area contributed by atoms with Crippen LogP contribution in [0, 0.1) is 0 Å². The van der Waals surface area contributed by atoms with E-state index < -0.39 is 0 Å². The molecule has 1 heterocycles. The SMILES string of the molecule is CCN(CC)C(CC)(CC)C(=O)CCc1ccnn1C. The van der Waals surface area contributed by atoms with E-state index in [2.05, 4.69) is 37.7 Å². The Balaban J connectivity index is 2.81. The molecule has 114 valence electrons. The number of aryl methyl sites for hydroxylation is 2. The maximum atomic E-state index is 12.8. The van der Waals surface area contributed by atoms with Gasteiger partial charge in [-0.3, -0.25) is 14.4 Å². The van der Waals surface area contributed by atoms with Crippen LogP contribution in [0.3, 0.4) is 0 Å². The molecule has 0 atom stereocenters. The van der Waals surface area contributed by atoms with Crippen LogP contribution in [0.25, 0.3) is 0 Å². The minimum absolute atomic E-state index is 0.290. The maximum Gasteiger partial charge on any atom is 0.153 e. The monoisotopic (exact) mass is 279 g/mol. The Morgan fingerprint density at radius 1 is 1.25 bits per heavy atom. The van der Waals surface area contributed by atoms with Crippen LogP contribution in [-0.4, -0.2) is 39.1 Å². The molecular formula is C16H29N3O. The number of ketones is 1. The number of rotatable bonds is 9. The third kappa shape index (κ3) is 3.29. The second-order valence-corrected chi connectivity index (χ2v) is 5.28. The fourth-order valence-electron chi connectivity index (χ4n) is 3.22. The van der Waals surface area contributed by atoms with Crippen LogP contribution >= 0.6 is 0 Å². The molecular weight excluding hydrogens is 250 g/mol. The number of hydrogen-bond acceptors (Lipinski definition) is 3. The zero-order chi connectivity index (χ0) is 15.2. The van der Waals surface area contributed by atoms with Gasteiger partial charge in [0, 0.05) is 25.4 Å². The van der Waals surface area contributed by atoms with Gasteiger partial charge >= 0.3 is 0 Å². The fourth-order valence-corrected chi connectivity index (χ4v) is 3.22. The fraction of sp³-hybridized carbons (Fsp3) is 0.750. The van der Waals surface area contributed by atoms with Crippen molar-refractivity contribution < 1.29 is 4.79 Å². The number of likely N-dealkylation sites (N-methyl/N-ethyl adjacent to an activating group) is 1. The molecule has 0 unspecified atom stereocenters. The second kappa shape index (κ2) is 7.58. The molecule has 1 aromatic rings. The van der Waals surface area contributed by atoms with Crippen LogP contribution in [0.4, 0.5) is 0 Å². The Kier molecular flexibility index (Phi) is 6.40. The highest BCUT2D eigenvalue weighted by atomic mass is 16.1. The number of hydrogen-bond donors (Lipinski definition) is 0. The Morgan fingerprint density at radius 2 is 1.85 bits per heavy atom. The van der Waals surface area contributed by atoms with Gasteiger partial charge in [0.2, 0.25) is 0 Å². The quantitative estimate of drug-likeness (QED) is 0.697. The minimum Gasteiger partial charge on any atom is -0.298 e. The van der Waals surface area contributed by atoms with Crippen molar-refractivity contribution in [2.45, 2.75) is 58.9 Å². The summed E-state index contributed by atoms with van der Waals surface area (Å²) in [5, 5.41) is 4.16. The van der Waals surface area contributed by atoms with Gasteiger partial charge in [0.1, 0.15) is 0 Å². The minimum atomic E-state index is -0.290. The van der Waals surface area contributed by atoms with Crippen LogP contribution in [0.15, 0.2) is 12.3 Å². The van der Waals surface area contributed by atoms with Crippen molar-refractivity contribution in [2.75, 3.05) is 13.1 Å². The van der Waals surface area contributed by atoms with Gasteiger partial charge in [0.25, 0.3) is 0 Å². The molecule has 0 spiro atoms. The van der Waals surface area contributed by atoms with Crippen LogP contribution < -0.4 is 0 Å². The summed E-state index contributed by atoms with van der Waals surface area (Å²) in [7, 11) is 1.93. The van der Waals surface area contributed by atoms with E-state index in [1.165, 1.54) is 0 Å². The summed E-state index contributed by atoms with van der Waals surface area (Å²) < 4.78 is 1.85. The van der Waals surface area contributed by atoms with Crippen molar-refractivity contribution in [1.29, 1.82) is 0 Å². The molecule has 4 heteroatoms. The molecule has 0 bridgehead atoms. The summed E-state index contributed by atoms with van der Waals surface area (Å²) in [6, 6.07) is 1.99. The Hall–Kier alpha value is -1.16. The predicted molar refractivity (Wildman–Crippen MR) is 82.8 cm³/mol. The van der Waals surface area contributed by atoms with E-state index in [1.807, 2.05) is 17.8 Å². The smallest absolute Gasteiger partial charge is 0.153 e. The van der Waals surface area contributed by atoms with E-state index in [-0.39, 0.29) is 5.54 Å². The van der Waals surface area contributed by atoms with Crippen molar-refractivity contribution in [1.82, 2.24) is 14.7 Å². The maximum absolute atomic E-state index is 12.8. The molecule has 0 saturated carbocycles. The van der Waals surface area contributed by atoms with Crippen LogP contribution in [0.2, 0.25) is 0 Å². The zero-order valence-electron chi connectivity index (χ0n) is 13.6. The first-order chi connectivity index (χ1) is 9.55. The van der Waals surface area contributed by atoms with Crippen molar-refractivity contribution >= 4 is 5.78 Å². The number of carbonyl (C=O) groups excluding carboxylic acids is 1. The van der Waals surface area contributed by atoms with Crippen molar-refractivity contribution in [3.05, 3.63) is 18.0 Å². The van der Waals surface area contributed by atoms with E-state index in [4.69, 9.17) is 0 Å². The number of aromatic nitrogens is 2. The van der Waals surface area contributed by atoms with Crippen molar-refractivity contribution in [3.63, 3.8) is 0 Å². The average Bonchev–Trinajstić information content (AvgIpc) is 2.87. The molecule has 1 rings (SSSR count). The lowest BCUT2D eigenvalue weighted by atomic mass is 9.83. The summed E-state index contributed by atoms with van der Waals surface area (Å²) >= 11 is 0. The molecule has 0 aliphatic rings.